The van der Waals surface area contributed by atoms with E-state index >= 15 is 0 Å². The minimum Gasteiger partial charge on any atom is -0.493 e. The maximum atomic E-state index is 13.1. The molecule has 2 N–H and O–H groups in total. The number of nitrogens with zero attached hydrogens (tertiary/aromatic N) is 2. The first kappa shape index (κ1) is 23.9. The van der Waals surface area contributed by atoms with Crippen LogP contribution in [0.3, 0.4) is 0 Å². The maximum absolute atomic E-state index is 13.1. The molecule has 2 aromatic heterocycles. The number of hydrogen-bond donors (Lipinski definition) is 2. The molecule has 7 nitrogen and oxygen atoms in total. The molecule has 2 aromatic carbocycles. The first-order valence-corrected chi connectivity index (χ1v) is 12.0. The van der Waals surface area contributed by atoms with Crippen LogP contribution in [0, 0.1) is 0 Å². The Morgan fingerprint density at radius 1 is 1.09 bits per heavy atom. The van der Waals surface area contributed by atoms with E-state index in [1.807, 2.05) is 53.9 Å². The van der Waals surface area contributed by atoms with Gasteiger partial charge in [0, 0.05) is 23.5 Å². The lowest BCUT2D eigenvalue weighted by molar-refractivity contribution is 0.0891. The predicted molar refractivity (Wildman–Crippen MR) is 136 cm³/mol. The van der Waals surface area contributed by atoms with E-state index in [0.717, 1.165) is 16.7 Å². The number of aromatic amines is 1. The van der Waals surface area contributed by atoms with Gasteiger partial charge in [-0.1, -0.05) is 36.4 Å². The van der Waals surface area contributed by atoms with E-state index in [9.17, 15) is 9.90 Å². The van der Waals surface area contributed by atoms with Crippen molar-refractivity contribution in [2.24, 2.45) is 0 Å². The number of hydrogen-bond acceptors (Lipinski definition) is 7. The first-order valence-electron chi connectivity index (χ1n) is 11.1. The van der Waals surface area contributed by atoms with E-state index in [0.29, 0.717) is 40.6 Å². The summed E-state index contributed by atoms with van der Waals surface area (Å²) in [4.78, 5) is 23.6. The van der Waals surface area contributed by atoms with Crippen molar-refractivity contribution in [1.29, 1.82) is 0 Å². The van der Waals surface area contributed by atoms with Crippen LogP contribution in [0.2, 0.25) is 0 Å². The monoisotopic (exact) mass is 479 g/mol. The van der Waals surface area contributed by atoms with Gasteiger partial charge in [-0.25, -0.2) is 4.98 Å². The molecule has 0 aliphatic heterocycles. The van der Waals surface area contributed by atoms with Crippen LogP contribution in [0.25, 0.3) is 21.3 Å². The highest BCUT2D eigenvalue weighted by Crippen LogP contribution is 2.36. The van der Waals surface area contributed by atoms with Gasteiger partial charge in [0.2, 0.25) is 0 Å². The second-order valence-electron chi connectivity index (χ2n) is 8.36. The van der Waals surface area contributed by atoms with E-state index in [2.05, 4.69) is 23.7 Å². The third kappa shape index (κ3) is 4.99. The van der Waals surface area contributed by atoms with Crippen molar-refractivity contribution in [3.63, 3.8) is 0 Å². The van der Waals surface area contributed by atoms with Crippen molar-refractivity contribution < 1.29 is 14.6 Å². The van der Waals surface area contributed by atoms with Gasteiger partial charge in [-0.3, -0.25) is 9.69 Å². The van der Waals surface area contributed by atoms with Crippen molar-refractivity contribution in [3.8, 4) is 22.6 Å². The van der Waals surface area contributed by atoms with Gasteiger partial charge in [-0.05, 0) is 37.1 Å². The molecule has 0 amide bonds. The Kier molecular flexibility index (Phi) is 7.31. The highest BCUT2D eigenvalue weighted by atomic mass is 32.1. The maximum Gasteiger partial charge on any atom is 0.260 e. The van der Waals surface area contributed by atoms with E-state index in [1.54, 1.807) is 14.2 Å². The van der Waals surface area contributed by atoms with Gasteiger partial charge in [-0.2, -0.15) is 0 Å². The third-order valence-corrected chi connectivity index (χ3v) is 6.73. The number of benzene rings is 2. The van der Waals surface area contributed by atoms with E-state index in [-0.39, 0.29) is 11.6 Å². The van der Waals surface area contributed by atoms with Crippen LogP contribution < -0.4 is 15.0 Å². The highest BCUT2D eigenvalue weighted by Gasteiger charge is 2.20. The van der Waals surface area contributed by atoms with Crippen molar-refractivity contribution >= 4 is 21.6 Å². The molecule has 0 saturated carbocycles. The van der Waals surface area contributed by atoms with Crippen LogP contribution in [-0.2, 0) is 6.54 Å². The molecule has 2 heterocycles. The summed E-state index contributed by atoms with van der Waals surface area (Å²) < 4.78 is 10.7. The summed E-state index contributed by atoms with van der Waals surface area (Å²) in [6.07, 6.45) is -0.627. The Labute approximate surface area is 202 Å². The normalized spacial score (nSPS) is 12.4. The van der Waals surface area contributed by atoms with Gasteiger partial charge in [0.15, 0.2) is 11.5 Å². The van der Waals surface area contributed by atoms with Gasteiger partial charge in [-0.15, -0.1) is 11.3 Å². The number of H-pyrrole nitrogens is 1. The summed E-state index contributed by atoms with van der Waals surface area (Å²) in [6.45, 7) is 4.99. The average Bonchev–Trinajstić information content (AvgIpc) is 3.28. The molecule has 178 valence electrons. The molecule has 0 bridgehead atoms. The van der Waals surface area contributed by atoms with Crippen molar-refractivity contribution in [3.05, 3.63) is 75.7 Å². The summed E-state index contributed by atoms with van der Waals surface area (Å²) >= 11 is 1.44. The van der Waals surface area contributed by atoms with Crippen LogP contribution in [0.15, 0.2) is 58.7 Å². The Hall–Kier alpha value is -3.20. The summed E-state index contributed by atoms with van der Waals surface area (Å²) in [5, 5.41) is 13.2. The summed E-state index contributed by atoms with van der Waals surface area (Å²) in [7, 11) is 3.18. The van der Waals surface area contributed by atoms with Gasteiger partial charge in [0.25, 0.3) is 5.56 Å². The fourth-order valence-corrected chi connectivity index (χ4v) is 4.90. The molecule has 0 unspecified atom stereocenters. The molecular weight excluding hydrogens is 450 g/mol. The largest absolute Gasteiger partial charge is 0.493 e. The molecule has 0 radical (unpaired) electrons. The Morgan fingerprint density at radius 2 is 1.82 bits per heavy atom. The number of ether oxygens (including phenoxy) is 2. The van der Waals surface area contributed by atoms with Crippen molar-refractivity contribution in [2.45, 2.75) is 32.5 Å². The number of nitrogens with one attached hydrogen (secondary N) is 1. The minimum atomic E-state index is -0.627. The summed E-state index contributed by atoms with van der Waals surface area (Å²) in [5.74, 6) is 1.81. The molecule has 0 fully saturated rings. The zero-order valence-corrected chi connectivity index (χ0v) is 20.6. The Bertz CT molecular complexity index is 1320. The van der Waals surface area contributed by atoms with Gasteiger partial charge in [0.1, 0.15) is 10.7 Å². The smallest absolute Gasteiger partial charge is 0.260 e. The molecular formula is C26H29N3O4S. The average molecular weight is 480 g/mol. The fourth-order valence-electron chi connectivity index (χ4n) is 3.94. The van der Waals surface area contributed by atoms with E-state index in [4.69, 9.17) is 14.5 Å². The molecule has 8 heteroatoms. The number of aliphatic hydroxyl groups excluding tert-OH is 1. The quantitative estimate of drug-likeness (QED) is 0.364. The predicted octanol–water partition coefficient (Wildman–Crippen LogP) is 4.61. The third-order valence-electron chi connectivity index (χ3n) is 5.86. The fraction of sp³-hybridized carbons (Fsp3) is 0.308. The highest BCUT2D eigenvalue weighted by molar-refractivity contribution is 7.17. The van der Waals surface area contributed by atoms with E-state index in [1.165, 1.54) is 11.3 Å². The molecule has 4 aromatic rings. The summed E-state index contributed by atoms with van der Waals surface area (Å²) in [5.41, 5.74) is 2.35. The lowest BCUT2D eigenvalue weighted by atomic mass is 10.1. The number of fused-ring (bicyclic) bond motifs is 1. The van der Waals surface area contributed by atoms with Crippen molar-refractivity contribution in [1.82, 2.24) is 14.9 Å². The lowest BCUT2D eigenvalue weighted by Gasteiger charge is -2.28. The lowest BCUT2D eigenvalue weighted by Crippen LogP contribution is -2.35. The van der Waals surface area contributed by atoms with Gasteiger partial charge >= 0.3 is 0 Å². The standard InChI is InChI=1S/C26H29N3O4S/c1-16(2)29(13-20(30)17-8-6-5-7-9-17)14-23-27-25(31)24-19(15-34-26(24)28-23)18-10-11-21(32-3)22(12-18)33-4/h5-12,15-16,20,30H,13-14H2,1-4H3,(H,27,28,31)/t20-/m1/s1. The molecule has 34 heavy (non-hydrogen) atoms. The van der Waals surface area contributed by atoms with Gasteiger partial charge < -0.3 is 19.6 Å². The number of aliphatic hydroxyl groups is 1. The first-order chi connectivity index (χ1) is 16.4. The van der Waals surface area contributed by atoms with Crippen molar-refractivity contribution in [2.75, 3.05) is 20.8 Å². The van der Waals surface area contributed by atoms with Gasteiger partial charge in [0.05, 0.1) is 32.3 Å². The molecule has 0 spiro atoms. The number of rotatable bonds is 9. The second-order valence-corrected chi connectivity index (χ2v) is 9.22. The Balaban J connectivity index is 1.62. The zero-order chi connectivity index (χ0) is 24.2. The van der Waals surface area contributed by atoms with Crippen LogP contribution in [0.5, 0.6) is 11.5 Å². The van der Waals surface area contributed by atoms with E-state index < -0.39 is 6.10 Å². The van der Waals surface area contributed by atoms with Crippen LogP contribution >= 0.6 is 11.3 Å². The summed E-state index contributed by atoms with van der Waals surface area (Å²) in [6, 6.07) is 15.3. The van der Waals surface area contributed by atoms with Crippen LogP contribution in [-0.4, -0.2) is 46.8 Å². The molecule has 0 saturated heterocycles. The SMILES string of the molecule is COc1ccc(-c2csc3nc(CN(C[C@@H](O)c4ccccc4)C(C)C)[nH]c(=O)c23)cc1OC. The molecule has 0 aliphatic rings. The molecule has 0 aliphatic carbocycles. The number of aromatic nitrogens is 2. The number of thiophene rings is 1. The minimum absolute atomic E-state index is 0.157. The topological polar surface area (TPSA) is 87.7 Å². The van der Waals surface area contributed by atoms with Crippen LogP contribution in [0.4, 0.5) is 0 Å². The van der Waals surface area contributed by atoms with Crippen LogP contribution in [0.1, 0.15) is 31.3 Å². The molecule has 1 atom stereocenters. The Morgan fingerprint density at radius 3 is 2.50 bits per heavy atom. The second kappa shape index (κ2) is 10.4. The molecule has 4 rings (SSSR count). The zero-order valence-electron chi connectivity index (χ0n) is 19.7. The number of methoxy groups -OCH3 is 2.